The molecule has 92 valence electrons. The van der Waals surface area contributed by atoms with E-state index >= 15 is 0 Å². The SMILES string of the molecule is CC(C)OC(=O)N1CCN(C)c2ccccc21. The van der Waals surface area contributed by atoms with Crippen molar-refractivity contribution >= 4 is 17.5 Å². The number of carbonyl (C=O) groups excluding carboxylic acids is 1. The number of anilines is 2. The molecule has 0 saturated carbocycles. The van der Waals surface area contributed by atoms with Crippen LogP contribution in [0.15, 0.2) is 24.3 Å². The second-order valence-electron chi connectivity index (χ2n) is 4.49. The number of fused-ring (bicyclic) bond motifs is 1. The van der Waals surface area contributed by atoms with Crippen molar-refractivity contribution in [3.63, 3.8) is 0 Å². The molecule has 0 spiro atoms. The van der Waals surface area contributed by atoms with Crippen LogP contribution in [0.3, 0.4) is 0 Å². The molecule has 0 atom stereocenters. The van der Waals surface area contributed by atoms with E-state index in [4.69, 9.17) is 4.74 Å². The van der Waals surface area contributed by atoms with Gasteiger partial charge in [0.05, 0.1) is 17.5 Å². The summed E-state index contributed by atoms with van der Waals surface area (Å²) in [5.41, 5.74) is 1.99. The Hall–Kier alpha value is -1.71. The largest absolute Gasteiger partial charge is 0.446 e. The third-order valence-corrected chi connectivity index (χ3v) is 2.80. The molecule has 0 bridgehead atoms. The van der Waals surface area contributed by atoms with Crippen LogP contribution >= 0.6 is 0 Å². The summed E-state index contributed by atoms with van der Waals surface area (Å²) in [6.07, 6.45) is -0.352. The van der Waals surface area contributed by atoms with E-state index in [9.17, 15) is 4.79 Å². The maximum absolute atomic E-state index is 12.0. The van der Waals surface area contributed by atoms with Gasteiger partial charge < -0.3 is 9.64 Å². The zero-order chi connectivity index (χ0) is 12.4. The molecule has 2 rings (SSSR count). The summed E-state index contributed by atoms with van der Waals surface area (Å²) < 4.78 is 5.25. The van der Waals surface area contributed by atoms with Crippen molar-refractivity contribution in [3.05, 3.63) is 24.3 Å². The topological polar surface area (TPSA) is 32.8 Å². The number of hydrogen-bond acceptors (Lipinski definition) is 3. The van der Waals surface area contributed by atoms with E-state index in [1.165, 1.54) is 0 Å². The van der Waals surface area contributed by atoms with Gasteiger partial charge in [-0.2, -0.15) is 0 Å². The average Bonchev–Trinajstić information content (AvgIpc) is 2.29. The molecule has 0 N–H and O–H groups in total. The van der Waals surface area contributed by atoms with Crippen molar-refractivity contribution in [2.24, 2.45) is 0 Å². The predicted octanol–water partition coefficient (Wildman–Crippen LogP) is 2.49. The van der Waals surface area contributed by atoms with Crippen molar-refractivity contribution < 1.29 is 9.53 Å². The van der Waals surface area contributed by atoms with Gasteiger partial charge in [-0.15, -0.1) is 0 Å². The minimum Gasteiger partial charge on any atom is -0.446 e. The van der Waals surface area contributed by atoms with Gasteiger partial charge in [0.2, 0.25) is 0 Å². The van der Waals surface area contributed by atoms with Crippen LogP contribution in [0.1, 0.15) is 13.8 Å². The molecule has 1 aliphatic rings. The fourth-order valence-corrected chi connectivity index (χ4v) is 1.96. The highest BCUT2D eigenvalue weighted by Crippen LogP contribution is 2.32. The lowest BCUT2D eigenvalue weighted by Crippen LogP contribution is -2.43. The summed E-state index contributed by atoms with van der Waals surface area (Å²) in [5.74, 6) is 0. The lowest BCUT2D eigenvalue weighted by atomic mass is 10.2. The molecular weight excluding hydrogens is 216 g/mol. The van der Waals surface area contributed by atoms with Gasteiger partial charge in [0.15, 0.2) is 0 Å². The van der Waals surface area contributed by atoms with Crippen LogP contribution in [-0.4, -0.2) is 32.3 Å². The van der Waals surface area contributed by atoms with Gasteiger partial charge in [-0.3, -0.25) is 4.90 Å². The van der Waals surface area contributed by atoms with Gasteiger partial charge in [0.25, 0.3) is 0 Å². The van der Waals surface area contributed by atoms with Gasteiger partial charge in [0, 0.05) is 20.1 Å². The molecule has 0 saturated heterocycles. The summed E-state index contributed by atoms with van der Waals surface area (Å²) in [4.78, 5) is 15.8. The van der Waals surface area contributed by atoms with Crippen molar-refractivity contribution in [1.29, 1.82) is 0 Å². The molecule has 1 amide bonds. The fourth-order valence-electron chi connectivity index (χ4n) is 1.96. The van der Waals surface area contributed by atoms with Crippen LogP contribution in [0.5, 0.6) is 0 Å². The van der Waals surface area contributed by atoms with Crippen molar-refractivity contribution in [2.45, 2.75) is 20.0 Å². The van der Waals surface area contributed by atoms with Crippen LogP contribution < -0.4 is 9.80 Å². The Bertz CT molecular complexity index is 418. The van der Waals surface area contributed by atoms with E-state index in [-0.39, 0.29) is 12.2 Å². The zero-order valence-electron chi connectivity index (χ0n) is 10.5. The van der Waals surface area contributed by atoms with Crippen molar-refractivity contribution in [1.82, 2.24) is 0 Å². The Balaban J connectivity index is 2.27. The lowest BCUT2D eigenvalue weighted by Gasteiger charge is -2.35. The van der Waals surface area contributed by atoms with Crippen LogP contribution in [0.25, 0.3) is 0 Å². The van der Waals surface area contributed by atoms with E-state index in [1.54, 1.807) is 4.90 Å². The second-order valence-corrected chi connectivity index (χ2v) is 4.49. The first kappa shape index (κ1) is 11.8. The van der Waals surface area contributed by atoms with E-state index in [1.807, 2.05) is 45.2 Å². The summed E-state index contributed by atoms with van der Waals surface area (Å²) in [5, 5.41) is 0. The molecule has 1 aromatic carbocycles. The van der Waals surface area contributed by atoms with Crippen LogP contribution in [0.4, 0.5) is 16.2 Å². The quantitative estimate of drug-likeness (QED) is 0.748. The van der Waals surface area contributed by atoms with Gasteiger partial charge >= 0.3 is 6.09 Å². The normalized spacial score (nSPS) is 14.8. The van der Waals surface area contributed by atoms with Gasteiger partial charge in [0.1, 0.15) is 0 Å². The summed E-state index contributed by atoms with van der Waals surface area (Å²) in [6, 6.07) is 7.89. The maximum Gasteiger partial charge on any atom is 0.414 e. The minimum atomic E-state index is -0.263. The Kier molecular flexibility index (Phi) is 3.22. The predicted molar refractivity (Wildman–Crippen MR) is 68.7 cm³/mol. The third-order valence-electron chi connectivity index (χ3n) is 2.80. The van der Waals surface area contributed by atoms with Gasteiger partial charge in [-0.25, -0.2) is 4.79 Å². The standard InChI is InChI=1S/C13H18N2O2/c1-10(2)17-13(16)15-9-8-14(3)11-6-4-5-7-12(11)15/h4-7,10H,8-9H2,1-3H3. The first-order valence-corrected chi connectivity index (χ1v) is 5.88. The van der Waals surface area contributed by atoms with E-state index in [0.717, 1.165) is 17.9 Å². The van der Waals surface area contributed by atoms with E-state index < -0.39 is 0 Å². The van der Waals surface area contributed by atoms with Crippen molar-refractivity contribution in [3.8, 4) is 0 Å². The van der Waals surface area contributed by atoms with Gasteiger partial charge in [-0.05, 0) is 26.0 Å². The highest BCUT2D eigenvalue weighted by atomic mass is 16.6. The molecule has 0 unspecified atom stereocenters. The Morgan fingerprint density at radius 3 is 2.53 bits per heavy atom. The molecule has 1 aromatic rings. The highest BCUT2D eigenvalue weighted by Gasteiger charge is 2.26. The van der Waals surface area contributed by atoms with Crippen LogP contribution in [-0.2, 0) is 4.74 Å². The number of carbonyl (C=O) groups is 1. The number of benzene rings is 1. The first-order chi connectivity index (χ1) is 8.09. The maximum atomic E-state index is 12.0. The molecular formula is C13H18N2O2. The average molecular weight is 234 g/mol. The van der Waals surface area contributed by atoms with Gasteiger partial charge in [-0.1, -0.05) is 12.1 Å². The molecule has 4 heteroatoms. The number of amides is 1. The highest BCUT2D eigenvalue weighted by molar-refractivity contribution is 5.93. The smallest absolute Gasteiger partial charge is 0.414 e. The number of rotatable bonds is 1. The van der Waals surface area contributed by atoms with Crippen molar-refractivity contribution in [2.75, 3.05) is 29.9 Å². The summed E-state index contributed by atoms with van der Waals surface area (Å²) >= 11 is 0. The number of para-hydroxylation sites is 2. The minimum absolute atomic E-state index is 0.0886. The molecule has 4 nitrogen and oxygen atoms in total. The second kappa shape index (κ2) is 4.65. The van der Waals surface area contributed by atoms with E-state index in [0.29, 0.717) is 6.54 Å². The Labute approximate surface area is 102 Å². The molecule has 0 radical (unpaired) electrons. The zero-order valence-corrected chi connectivity index (χ0v) is 10.5. The van der Waals surface area contributed by atoms with Crippen LogP contribution in [0, 0.1) is 0 Å². The summed E-state index contributed by atoms with van der Waals surface area (Å²) in [7, 11) is 2.03. The first-order valence-electron chi connectivity index (χ1n) is 5.88. The lowest BCUT2D eigenvalue weighted by molar-refractivity contribution is 0.122. The molecule has 1 heterocycles. The monoisotopic (exact) mass is 234 g/mol. The fraction of sp³-hybridized carbons (Fsp3) is 0.462. The molecule has 0 fully saturated rings. The molecule has 0 aliphatic carbocycles. The molecule has 1 aliphatic heterocycles. The molecule has 17 heavy (non-hydrogen) atoms. The number of ether oxygens (including phenoxy) is 1. The van der Waals surface area contributed by atoms with E-state index in [2.05, 4.69) is 4.90 Å². The third kappa shape index (κ3) is 2.35. The number of hydrogen-bond donors (Lipinski definition) is 0. The van der Waals surface area contributed by atoms with Crippen LogP contribution in [0.2, 0.25) is 0 Å². The molecule has 0 aromatic heterocycles. The summed E-state index contributed by atoms with van der Waals surface area (Å²) in [6.45, 7) is 5.21. The number of nitrogens with zero attached hydrogens (tertiary/aromatic N) is 2. The number of likely N-dealkylation sites (N-methyl/N-ethyl adjacent to an activating group) is 1. The Morgan fingerprint density at radius 2 is 1.88 bits per heavy atom. The Morgan fingerprint density at radius 1 is 1.24 bits per heavy atom.